The summed E-state index contributed by atoms with van der Waals surface area (Å²) in [7, 11) is 1.41. The van der Waals surface area contributed by atoms with Crippen LogP contribution in [0.2, 0.25) is 0 Å². The van der Waals surface area contributed by atoms with Crippen LogP contribution in [-0.4, -0.2) is 96.4 Å². The molecular weight excluding hydrogens is 614 g/mol. The minimum atomic E-state index is -1.27. The molecule has 2 saturated heterocycles. The number of aliphatic hydroxyl groups is 2. The first-order valence-corrected chi connectivity index (χ1v) is 18.7. The van der Waals surface area contributed by atoms with Gasteiger partial charge in [0.2, 0.25) is 0 Å². The lowest BCUT2D eigenvalue weighted by Crippen LogP contribution is -2.60. The van der Waals surface area contributed by atoms with Crippen LogP contribution in [0.1, 0.15) is 107 Å². The molecule has 14 atom stereocenters. The van der Waals surface area contributed by atoms with Gasteiger partial charge in [-0.2, -0.15) is 0 Å². The van der Waals surface area contributed by atoms with Crippen LogP contribution in [0.25, 0.3) is 0 Å². The summed E-state index contributed by atoms with van der Waals surface area (Å²) < 4.78 is 30.2. The van der Waals surface area contributed by atoms with Gasteiger partial charge in [-0.25, -0.2) is 4.79 Å². The van der Waals surface area contributed by atoms with E-state index < -0.39 is 36.2 Å². The van der Waals surface area contributed by atoms with Crippen LogP contribution in [0, 0.1) is 50.7 Å². The van der Waals surface area contributed by atoms with Gasteiger partial charge in [0.15, 0.2) is 12.4 Å². The summed E-state index contributed by atoms with van der Waals surface area (Å²) >= 11 is 0. The van der Waals surface area contributed by atoms with Crippen molar-refractivity contribution in [2.45, 2.75) is 149 Å². The Bertz CT molecular complexity index is 1300. The maximum absolute atomic E-state index is 12.6. The highest BCUT2D eigenvalue weighted by atomic mass is 16.7. The molecule has 48 heavy (non-hydrogen) atoms. The fourth-order valence-electron chi connectivity index (χ4n) is 13.8. The second-order valence-electron chi connectivity index (χ2n) is 18.6. The van der Waals surface area contributed by atoms with Gasteiger partial charge in [-0.3, -0.25) is 4.79 Å². The largest absolute Gasteiger partial charge is 0.457 e. The Labute approximate surface area is 286 Å². The number of fused-ring (bicyclic) bond motifs is 4. The highest BCUT2D eigenvalue weighted by molar-refractivity contribution is 5.67. The molecule has 0 aromatic rings. The van der Waals surface area contributed by atoms with Crippen molar-refractivity contribution in [3.05, 3.63) is 0 Å². The van der Waals surface area contributed by atoms with Crippen molar-refractivity contribution in [1.82, 2.24) is 4.90 Å². The third-order valence-corrected chi connectivity index (χ3v) is 15.9. The van der Waals surface area contributed by atoms with Crippen LogP contribution < -0.4 is 0 Å². The van der Waals surface area contributed by atoms with Crippen LogP contribution in [-0.2, 0) is 28.5 Å². The number of hydrogen-bond acceptors (Lipinski definition) is 9. The van der Waals surface area contributed by atoms with Crippen LogP contribution >= 0.6 is 0 Å². The summed E-state index contributed by atoms with van der Waals surface area (Å²) in [5, 5.41) is 23.6. The number of methoxy groups -OCH3 is 1. The van der Waals surface area contributed by atoms with Gasteiger partial charge in [-0.1, -0.05) is 34.6 Å². The number of aliphatic hydroxyl groups excluding tert-OH is 1. The van der Waals surface area contributed by atoms with Gasteiger partial charge in [0.25, 0.3) is 0 Å². The number of ether oxygens (including phenoxy) is 5. The SMILES string of the molecule is COC(=O)N1CCO[C@@H](OC2CCC34CC35CCC3(C)[C@@H]6C(OC([C@H](OC(C)=O)C(C)(C)O)C[C@H]6C)[C@H](O)[C@@]3(C)C5CC[C@H]4C2(C)C)C1. The Morgan fingerprint density at radius 1 is 1.02 bits per heavy atom. The molecule has 7 unspecified atom stereocenters. The maximum Gasteiger partial charge on any atom is 0.409 e. The zero-order valence-electron chi connectivity index (χ0n) is 30.8. The van der Waals surface area contributed by atoms with E-state index in [1.165, 1.54) is 26.9 Å². The maximum atomic E-state index is 12.6. The normalized spacial score (nSPS) is 49.7. The molecule has 1 amide bonds. The van der Waals surface area contributed by atoms with Gasteiger partial charge in [0.1, 0.15) is 0 Å². The first kappa shape index (κ1) is 35.0. The topological polar surface area (TPSA) is 124 Å². The third-order valence-electron chi connectivity index (χ3n) is 15.9. The van der Waals surface area contributed by atoms with Gasteiger partial charge in [0.05, 0.1) is 50.3 Å². The summed E-state index contributed by atoms with van der Waals surface area (Å²) in [5.41, 5.74) is -1.26. The fraction of sp³-hybridized carbons (Fsp3) is 0.947. The van der Waals surface area contributed by atoms with Gasteiger partial charge in [-0.05, 0) is 111 Å². The Morgan fingerprint density at radius 3 is 2.38 bits per heavy atom. The van der Waals surface area contributed by atoms with Crippen LogP contribution in [0.15, 0.2) is 0 Å². The van der Waals surface area contributed by atoms with Crippen molar-refractivity contribution in [1.29, 1.82) is 0 Å². The summed E-state index contributed by atoms with van der Waals surface area (Å²) in [4.78, 5) is 26.0. The molecule has 2 heterocycles. The Morgan fingerprint density at radius 2 is 1.71 bits per heavy atom. The van der Waals surface area contributed by atoms with Crippen molar-refractivity contribution >= 4 is 12.1 Å². The molecule has 0 aromatic carbocycles. The molecule has 5 aliphatic carbocycles. The zero-order chi connectivity index (χ0) is 34.8. The van der Waals surface area contributed by atoms with Gasteiger partial charge >= 0.3 is 12.1 Å². The Balaban J connectivity index is 1.12. The summed E-state index contributed by atoms with van der Waals surface area (Å²) in [6.07, 6.45) is 5.42. The molecule has 7 aliphatic rings. The fourth-order valence-corrected chi connectivity index (χ4v) is 13.8. The molecule has 7 fully saturated rings. The monoisotopic (exact) mass is 675 g/mol. The molecular formula is C38H61NO9. The zero-order valence-corrected chi connectivity index (χ0v) is 30.8. The van der Waals surface area contributed by atoms with Crippen molar-refractivity contribution < 1.29 is 43.5 Å². The predicted octanol–water partition coefficient (Wildman–Crippen LogP) is 5.31. The van der Waals surface area contributed by atoms with Crippen molar-refractivity contribution in [2.24, 2.45) is 50.7 Å². The van der Waals surface area contributed by atoms with E-state index in [1.54, 1.807) is 18.7 Å². The second kappa shape index (κ2) is 11.3. The number of rotatable bonds is 5. The number of carbonyl (C=O) groups excluding carboxylic acids is 2. The lowest BCUT2D eigenvalue weighted by molar-refractivity contribution is -0.246. The van der Waals surface area contributed by atoms with Crippen LogP contribution in [0.5, 0.6) is 0 Å². The van der Waals surface area contributed by atoms with E-state index in [2.05, 4.69) is 34.6 Å². The van der Waals surface area contributed by atoms with E-state index >= 15 is 0 Å². The number of morpholine rings is 1. The quantitative estimate of drug-likeness (QED) is 0.373. The number of carbonyl (C=O) groups is 2. The summed E-state index contributed by atoms with van der Waals surface area (Å²) in [6, 6.07) is 0. The highest BCUT2D eigenvalue weighted by Gasteiger charge is 2.84. The van der Waals surface area contributed by atoms with Crippen molar-refractivity contribution in [3.63, 3.8) is 0 Å². The predicted molar refractivity (Wildman–Crippen MR) is 177 cm³/mol. The first-order valence-electron chi connectivity index (χ1n) is 18.7. The molecule has 10 heteroatoms. The molecule has 0 aromatic heterocycles. The minimum absolute atomic E-state index is 0.0430. The molecule has 2 spiro atoms. The third kappa shape index (κ3) is 4.66. The second-order valence-corrected chi connectivity index (χ2v) is 18.6. The minimum Gasteiger partial charge on any atom is -0.457 e. The van der Waals surface area contributed by atoms with Gasteiger partial charge in [-0.15, -0.1) is 0 Å². The molecule has 2 aliphatic heterocycles. The van der Waals surface area contributed by atoms with Crippen molar-refractivity contribution in [2.75, 3.05) is 26.8 Å². The average Bonchev–Trinajstić information content (AvgIpc) is 3.65. The summed E-state index contributed by atoms with van der Waals surface area (Å²) in [6.45, 7) is 17.9. The molecule has 272 valence electrons. The molecule has 5 saturated carbocycles. The smallest absolute Gasteiger partial charge is 0.409 e. The number of amides is 1. The van der Waals surface area contributed by atoms with Gasteiger partial charge in [0, 0.05) is 18.9 Å². The van der Waals surface area contributed by atoms with Crippen molar-refractivity contribution in [3.8, 4) is 0 Å². The molecule has 0 radical (unpaired) electrons. The van der Waals surface area contributed by atoms with E-state index in [-0.39, 0.29) is 57.2 Å². The van der Waals surface area contributed by atoms with E-state index in [1.807, 2.05) is 0 Å². The first-order chi connectivity index (χ1) is 22.4. The molecule has 2 N–H and O–H groups in total. The number of nitrogens with zero attached hydrogens (tertiary/aromatic N) is 1. The Hall–Kier alpha value is -1.46. The van der Waals surface area contributed by atoms with Crippen LogP contribution in [0.3, 0.4) is 0 Å². The van der Waals surface area contributed by atoms with E-state index in [9.17, 15) is 19.8 Å². The number of esters is 1. The van der Waals surface area contributed by atoms with Gasteiger partial charge < -0.3 is 38.8 Å². The lowest BCUT2D eigenvalue weighted by Gasteiger charge is -2.64. The average molecular weight is 676 g/mol. The van der Waals surface area contributed by atoms with E-state index in [4.69, 9.17) is 23.7 Å². The van der Waals surface area contributed by atoms with Crippen LogP contribution in [0.4, 0.5) is 4.79 Å². The standard InChI is InChI=1S/C38H61NO9/c1-21-18-23(31(34(5,6)43)46-22(2)40)47-29-28(21)35(7)14-15-38-20-37(38)13-12-26(48-27-19-39(16-17-45-27)32(42)44-9)33(3,4)24(37)10-11-25(38)36(35,8)30(29)41/h21,23-31,41,43H,10-20H2,1-9H3/t21-,23?,24+,25?,26?,27+,28+,29?,30+,31+,35?,36-,37?,38?/m1/s1. The Kier molecular flexibility index (Phi) is 8.21. The number of hydrogen-bond donors (Lipinski definition) is 2. The molecule has 7 rings (SSSR count). The summed E-state index contributed by atoms with van der Waals surface area (Å²) in [5.74, 6) is 0.925. The van der Waals surface area contributed by atoms with E-state index in [0.717, 1.165) is 32.1 Å². The molecule has 10 nitrogen and oxygen atoms in total. The molecule has 0 bridgehead atoms. The lowest BCUT2D eigenvalue weighted by atomic mass is 9.41. The highest BCUT2D eigenvalue weighted by Crippen LogP contribution is 2.89. The van der Waals surface area contributed by atoms with E-state index in [0.29, 0.717) is 38.0 Å².